The fourth-order valence-electron chi connectivity index (χ4n) is 2.34. The highest BCUT2D eigenvalue weighted by Crippen LogP contribution is 2.17. The first kappa shape index (κ1) is 15.0. The fraction of sp³-hybridized carbons (Fsp3) is 0.167. The van der Waals surface area contributed by atoms with Gasteiger partial charge in [-0.15, -0.1) is 0 Å². The number of amides is 1. The highest BCUT2D eigenvalue weighted by molar-refractivity contribution is 6.02. The van der Waals surface area contributed by atoms with Gasteiger partial charge in [0.15, 0.2) is 5.82 Å². The molecule has 116 valence electrons. The summed E-state index contributed by atoms with van der Waals surface area (Å²) in [6, 6.07) is 14.5. The Labute approximate surface area is 133 Å². The molecule has 3 aromatic rings. The Morgan fingerprint density at radius 3 is 2.48 bits per heavy atom. The summed E-state index contributed by atoms with van der Waals surface area (Å²) in [5, 5.41) is 3.21. The Hall–Kier alpha value is -2.95. The molecule has 0 saturated carbocycles. The normalized spacial score (nSPS) is 10.9. The molecule has 1 aromatic heterocycles. The Morgan fingerprint density at radius 2 is 1.78 bits per heavy atom. The van der Waals surface area contributed by atoms with Crippen molar-refractivity contribution in [2.75, 3.05) is 5.32 Å². The monoisotopic (exact) mass is 307 g/mol. The van der Waals surface area contributed by atoms with Crippen molar-refractivity contribution in [3.05, 3.63) is 70.3 Å². The number of H-pyrrole nitrogens is 1. The number of carbonyl (C=O) groups excluding carboxylic acids is 1. The predicted molar refractivity (Wildman–Crippen MR) is 90.8 cm³/mol. The first-order valence-electron chi connectivity index (χ1n) is 7.45. The summed E-state index contributed by atoms with van der Waals surface area (Å²) in [6.07, 6.45) is 0. The molecule has 0 bridgehead atoms. The lowest BCUT2D eigenvalue weighted by Gasteiger charge is -2.08. The molecule has 0 radical (unpaired) electrons. The molecule has 0 saturated heterocycles. The summed E-state index contributed by atoms with van der Waals surface area (Å²) in [4.78, 5) is 31.0. The quantitative estimate of drug-likeness (QED) is 0.779. The van der Waals surface area contributed by atoms with Gasteiger partial charge in [0.25, 0.3) is 11.5 Å². The number of rotatable bonds is 3. The number of benzene rings is 2. The van der Waals surface area contributed by atoms with E-state index in [0.717, 1.165) is 0 Å². The number of nitrogens with one attached hydrogen (secondary N) is 2. The van der Waals surface area contributed by atoms with E-state index in [1.54, 1.807) is 24.3 Å². The zero-order chi connectivity index (χ0) is 16.4. The van der Waals surface area contributed by atoms with Crippen molar-refractivity contribution in [2.24, 2.45) is 0 Å². The minimum absolute atomic E-state index is 0.00151. The van der Waals surface area contributed by atoms with E-state index in [1.807, 2.05) is 24.3 Å². The van der Waals surface area contributed by atoms with Crippen LogP contribution in [0.3, 0.4) is 0 Å². The second kappa shape index (κ2) is 6.04. The maximum absolute atomic E-state index is 12.3. The van der Waals surface area contributed by atoms with Crippen LogP contribution in [-0.4, -0.2) is 15.9 Å². The van der Waals surface area contributed by atoms with Crippen LogP contribution in [-0.2, 0) is 0 Å². The Kier molecular flexibility index (Phi) is 3.93. The largest absolute Gasteiger partial charge is 0.319 e. The van der Waals surface area contributed by atoms with Gasteiger partial charge in [0.2, 0.25) is 0 Å². The number of para-hydroxylation sites is 1. The summed E-state index contributed by atoms with van der Waals surface area (Å²) in [5.74, 6) is -0.00922. The lowest BCUT2D eigenvalue weighted by atomic mass is 10.0. The SMILES string of the molecule is CC(C)c1ccc(NC(=O)c2nc3ccccc3c(=O)[nH]2)cc1. The molecular formula is C18H17N3O2. The number of nitrogens with zero attached hydrogens (tertiary/aromatic N) is 1. The van der Waals surface area contributed by atoms with Gasteiger partial charge in [-0.3, -0.25) is 9.59 Å². The van der Waals surface area contributed by atoms with E-state index in [-0.39, 0.29) is 11.4 Å². The van der Waals surface area contributed by atoms with E-state index in [0.29, 0.717) is 22.5 Å². The number of aromatic nitrogens is 2. The minimum Gasteiger partial charge on any atom is -0.319 e. The van der Waals surface area contributed by atoms with Crippen molar-refractivity contribution < 1.29 is 4.79 Å². The third-order valence-electron chi connectivity index (χ3n) is 3.66. The van der Waals surface area contributed by atoms with Gasteiger partial charge in [-0.25, -0.2) is 4.98 Å². The van der Waals surface area contributed by atoms with Gasteiger partial charge in [0, 0.05) is 5.69 Å². The van der Waals surface area contributed by atoms with Crippen LogP contribution >= 0.6 is 0 Å². The Balaban J connectivity index is 1.87. The lowest BCUT2D eigenvalue weighted by molar-refractivity contribution is 0.101. The van der Waals surface area contributed by atoms with Crippen molar-refractivity contribution >= 4 is 22.5 Å². The average molecular weight is 307 g/mol. The van der Waals surface area contributed by atoms with Crippen LogP contribution in [0, 0.1) is 0 Å². The van der Waals surface area contributed by atoms with Gasteiger partial charge < -0.3 is 10.3 Å². The third kappa shape index (κ3) is 3.13. The molecule has 0 atom stereocenters. The second-order valence-corrected chi connectivity index (χ2v) is 5.66. The zero-order valence-electron chi connectivity index (χ0n) is 13.0. The number of carbonyl (C=O) groups is 1. The van der Waals surface area contributed by atoms with Crippen LogP contribution in [0.1, 0.15) is 35.9 Å². The third-order valence-corrected chi connectivity index (χ3v) is 3.66. The van der Waals surface area contributed by atoms with Crippen LogP contribution < -0.4 is 10.9 Å². The number of anilines is 1. The first-order chi connectivity index (χ1) is 11.0. The predicted octanol–water partition coefficient (Wildman–Crippen LogP) is 3.30. The molecular weight excluding hydrogens is 290 g/mol. The number of fused-ring (bicyclic) bond motifs is 1. The maximum atomic E-state index is 12.3. The topological polar surface area (TPSA) is 74.8 Å². The van der Waals surface area contributed by atoms with Crippen molar-refractivity contribution in [3.8, 4) is 0 Å². The van der Waals surface area contributed by atoms with Gasteiger partial charge >= 0.3 is 0 Å². The minimum atomic E-state index is -0.440. The molecule has 1 amide bonds. The standard InChI is InChI=1S/C18H17N3O2/c1-11(2)12-7-9-13(10-8-12)19-18(23)16-20-15-6-4-3-5-14(15)17(22)21-16/h3-11H,1-2H3,(H,19,23)(H,20,21,22). The molecule has 0 aliphatic carbocycles. The summed E-state index contributed by atoms with van der Waals surface area (Å²) in [7, 11) is 0. The maximum Gasteiger partial charge on any atom is 0.291 e. The molecule has 2 aromatic carbocycles. The van der Waals surface area contributed by atoms with Gasteiger partial charge in [-0.2, -0.15) is 0 Å². The molecule has 5 nitrogen and oxygen atoms in total. The van der Waals surface area contributed by atoms with Crippen molar-refractivity contribution in [2.45, 2.75) is 19.8 Å². The molecule has 0 aliphatic rings. The summed E-state index contributed by atoms with van der Waals surface area (Å²) in [5.41, 5.74) is 2.03. The van der Waals surface area contributed by atoms with Crippen LogP contribution in [0.2, 0.25) is 0 Å². The van der Waals surface area contributed by atoms with Crippen molar-refractivity contribution in [3.63, 3.8) is 0 Å². The van der Waals surface area contributed by atoms with Gasteiger partial charge in [0.1, 0.15) is 0 Å². The average Bonchev–Trinajstić information content (AvgIpc) is 2.55. The first-order valence-corrected chi connectivity index (χ1v) is 7.45. The summed E-state index contributed by atoms with van der Waals surface area (Å²) >= 11 is 0. The Morgan fingerprint density at radius 1 is 1.09 bits per heavy atom. The van der Waals surface area contributed by atoms with E-state index in [2.05, 4.69) is 29.1 Å². The zero-order valence-corrected chi connectivity index (χ0v) is 13.0. The summed E-state index contributed by atoms with van der Waals surface area (Å²) < 4.78 is 0. The lowest BCUT2D eigenvalue weighted by Crippen LogP contribution is -2.21. The van der Waals surface area contributed by atoms with Crippen LogP contribution in [0.15, 0.2) is 53.3 Å². The van der Waals surface area contributed by atoms with Crippen LogP contribution in [0.5, 0.6) is 0 Å². The molecule has 0 aliphatic heterocycles. The van der Waals surface area contributed by atoms with Crippen molar-refractivity contribution in [1.29, 1.82) is 0 Å². The van der Waals surface area contributed by atoms with E-state index in [9.17, 15) is 9.59 Å². The molecule has 23 heavy (non-hydrogen) atoms. The van der Waals surface area contributed by atoms with Gasteiger partial charge in [0.05, 0.1) is 10.9 Å². The Bertz CT molecular complexity index is 911. The van der Waals surface area contributed by atoms with E-state index >= 15 is 0 Å². The molecule has 0 fully saturated rings. The molecule has 5 heteroatoms. The summed E-state index contributed by atoms with van der Waals surface area (Å²) in [6.45, 7) is 4.22. The van der Waals surface area contributed by atoms with E-state index in [4.69, 9.17) is 0 Å². The number of hydrogen-bond donors (Lipinski definition) is 2. The molecule has 2 N–H and O–H groups in total. The van der Waals surface area contributed by atoms with Crippen LogP contribution in [0.25, 0.3) is 10.9 Å². The van der Waals surface area contributed by atoms with Crippen molar-refractivity contribution in [1.82, 2.24) is 9.97 Å². The highest BCUT2D eigenvalue weighted by atomic mass is 16.2. The smallest absolute Gasteiger partial charge is 0.291 e. The van der Waals surface area contributed by atoms with Gasteiger partial charge in [-0.05, 0) is 35.7 Å². The van der Waals surface area contributed by atoms with E-state index < -0.39 is 5.91 Å². The van der Waals surface area contributed by atoms with E-state index in [1.165, 1.54) is 5.56 Å². The number of hydrogen-bond acceptors (Lipinski definition) is 3. The molecule has 0 spiro atoms. The molecule has 0 unspecified atom stereocenters. The molecule has 3 rings (SSSR count). The highest BCUT2D eigenvalue weighted by Gasteiger charge is 2.11. The number of aromatic amines is 1. The fourth-order valence-corrected chi connectivity index (χ4v) is 2.34. The second-order valence-electron chi connectivity index (χ2n) is 5.66. The van der Waals surface area contributed by atoms with Gasteiger partial charge in [-0.1, -0.05) is 38.1 Å². The molecule has 1 heterocycles. The van der Waals surface area contributed by atoms with Crippen LogP contribution in [0.4, 0.5) is 5.69 Å².